The van der Waals surface area contributed by atoms with E-state index < -0.39 is 23.3 Å². The highest BCUT2D eigenvalue weighted by atomic mass is 16.6. The zero-order chi connectivity index (χ0) is 25.3. The molecule has 0 saturated carbocycles. The summed E-state index contributed by atoms with van der Waals surface area (Å²) in [4.78, 5) is 37.6. The van der Waals surface area contributed by atoms with Crippen LogP contribution in [0.5, 0.6) is 0 Å². The Balaban J connectivity index is 1.43. The molecule has 0 heterocycles. The first-order valence-electron chi connectivity index (χ1n) is 12.0. The fourth-order valence-corrected chi connectivity index (χ4v) is 4.01. The number of hydrogen-bond donors (Lipinski definition) is 3. The van der Waals surface area contributed by atoms with Crippen molar-refractivity contribution in [1.29, 1.82) is 0 Å². The molecule has 3 N–H and O–H groups in total. The van der Waals surface area contributed by atoms with Gasteiger partial charge < -0.3 is 25.4 Å². The molecule has 8 heteroatoms. The van der Waals surface area contributed by atoms with Gasteiger partial charge in [-0.1, -0.05) is 54.6 Å². The summed E-state index contributed by atoms with van der Waals surface area (Å²) in [5.41, 5.74) is 1.25. The van der Waals surface area contributed by atoms with Crippen LogP contribution in [-0.2, 0) is 33.7 Å². The number of carbonyl (C=O) groups excluding carboxylic acids is 3. The third-order valence-corrected chi connectivity index (χ3v) is 5.65. The number of benzene rings is 2. The average molecular weight is 482 g/mol. The predicted molar refractivity (Wildman–Crippen MR) is 133 cm³/mol. The van der Waals surface area contributed by atoms with Gasteiger partial charge in [-0.2, -0.15) is 0 Å². The molecule has 0 spiro atoms. The second-order valence-electron chi connectivity index (χ2n) is 9.78. The molecule has 0 radical (unpaired) electrons. The molecule has 1 aliphatic rings. The molecule has 0 unspecified atom stereocenters. The summed E-state index contributed by atoms with van der Waals surface area (Å²) < 4.78 is 10.6. The van der Waals surface area contributed by atoms with Gasteiger partial charge in [-0.15, -0.1) is 0 Å². The minimum Gasteiger partial charge on any atom is -0.445 e. The van der Waals surface area contributed by atoms with E-state index in [-0.39, 0.29) is 12.5 Å². The third kappa shape index (κ3) is 8.02. The molecule has 3 rings (SSSR count). The molecule has 2 aromatic rings. The van der Waals surface area contributed by atoms with Gasteiger partial charge in [0, 0.05) is 25.9 Å². The highest BCUT2D eigenvalue weighted by Crippen LogP contribution is 2.31. The van der Waals surface area contributed by atoms with Gasteiger partial charge in [0.05, 0.1) is 0 Å². The molecule has 0 atom stereocenters. The Labute approximate surface area is 206 Å². The van der Waals surface area contributed by atoms with Gasteiger partial charge in [0.2, 0.25) is 5.91 Å². The maximum atomic E-state index is 13.2. The van der Waals surface area contributed by atoms with Crippen molar-refractivity contribution >= 4 is 18.1 Å². The number of amides is 3. The van der Waals surface area contributed by atoms with Gasteiger partial charge in [-0.05, 0) is 50.3 Å². The molecule has 0 aromatic heterocycles. The molecule has 35 heavy (non-hydrogen) atoms. The van der Waals surface area contributed by atoms with Crippen molar-refractivity contribution in [3.05, 3.63) is 71.3 Å². The molecule has 0 bridgehead atoms. The lowest BCUT2D eigenvalue weighted by Crippen LogP contribution is -2.60. The third-order valence-electron chi connectivity index (χ3n) is 5.65. The lowest BCUT2D eigenvalue weighted by Gasteiger charge is -2.30. The Bertz CT molecular complexity index is 992. The van der Waals surface area contributed by atoms with Gasteiger partial charge in [0.25, 0.3) is 0 Å². The molecule has 0 saturated heterocycles. The van der Waals surface area contributed by atoms with Crippen molar-refractivity contribution in [3.63, 3.8) is 0 Å². The van der Waals surface area contributed by atoms with E-state index >= 15 is 0 Å². The van der Waals surface area contributed by atoms with E-state index in [1.807, 2.05) is 54.6 Å². The minimum absolute atomic E-state index is 0.220. The van der Waals surface area contributed by atoms with Crippen molar-refractivity contribution in [3.8, 4) is 0 Å². The quantitative estimate of drug-likeness (QED) is 0.472. The van der Waals surface area contributed by atoms with E-state index in [1.54, 1.807) is 20.8 Å². The number of ether oxygens (including phenoxy) is 2. The average Bonchev–Trinajstić information content (AvgIpc) is 3.18. The second-order valence-corrected chi connectivity index (χ2v) is 9.78. The minimum atomic E-state index is -1.09. The van der Waals surface area contributed by atoms with E-state index in [0.29, 0.717) is 38.8 Å². The molecule has 8 nitrogen and oxygen atoms in total. The molecule has 3 amide bonds. The zero-order valence-corrected chi connectivity index (χ0v) is 20.7. The summed E-state index contributed by atoms with van der Waals surface area (Å²) >= 11 is 0. The van der Waals surface area contributed by atoms with Crippen LogP contribution in [0.25, 0.3) is 0 Å². The first-order valence-corrected chi connectivity index (χ1v) is 12.0. The largest absolute Gasteiger partial charge is 0.445 e. The Hall–Kier alpha value is -3.55. The Morgan fingerprint density at radius 1 is 0.829 bits per heavy atom. The SMILES string of the molecule is CC(C)(C)OC(=O)NC1(C(=O)NCCCCNC(=O)OCc2ccccc2)Cc2ccccc2C1. The fourth-order valence-electron chi connectivity index (χ4n) is 4.01. The van der Waals surface area contributed by atoms with Gasteiger partial charge in [0.1, 0.15) is 17.7 Å². The van der Waals surface area contributed by atoms with Crippen LogP contribution >= 0.6 is 0 Å². The lowest BCUT2D eigenvalue weighted by molar-refractivity contribution is -0.127. The number of fused-ring (bicyclic) bond motifs is 1. The number of rotatable bonds is 9. The van der Waals surface area contributed by atoms with Gasteiger partial charge >= 0.3 is 12.2 Å². The smallest absolute Gasteiger partial charge is 0.408 e. The van der Waals surface area contributed by atoms with Crippen molar-refractivity contribution in [1.82, 2.24) is 16.0 Å². The van der Waals surface area contributed by atoms with Crippen LogP contribution in [0.15, 0.2) is 54.6 Å². The fraction of sp³-hybridized carbons (Fsp3) is 0.444. The standard InChI is InChI=1S/C27H35N3O5/c1-26(2,3)35-25(33)30-27(17-21-13-7-8-14-22(21)18-27)23(31)28-15-9-10-16-29-24(32)34-19-20-11-5-4-6-12-20/h4-8,11-14H,9-10,15-19H2,1-3H3,(H,28,31)(H,29,32)(H,30,33). The number of nitrogens with one attached hydrogen (secondary N) is 3. The van der Waals surface area contributed by atoms with Crippen LogP contribution in [0.3, 0.4) is 0 Å². The van der Waals surface area contributed by atoms with Crippen molar-refractivity contribution in [2.24, 2.45) is 0 Å². The summed E-state index contributed by atoms with van der Waals surface area (Å²) in [5.74, 6) is -0.241. The summed E-state index contributed by atoms with van der Waals surface area (Å²) in [6, 6.07) is 17.3. The normalized spacial score (nSPS) is 13.9. The van der Waals surface area contributed by atoms with Crippen molar-refractivity contribution in [2.45, 2.75) is 64.2 Å². The molecule has 1 aliphatic carbocycles. The zero-order valence-electron chi connectivity index (χ0n) is 20.7. The first kappa shape index (κ1) is 26.1. The molecular weight excluding hydrogens is 446 g/mol. The number of alkyl carbamates (subject to hydrolysis) is 2. The van der Waals surface area contributed by atoms with E-state index in [1.165, 1.54) is 0 Å². The first-order chi connectivity index (χ1) is 16.7. The highest BCUT2D eigenvalue weighted by molar-refractivity contribution is 5.91. The molecule has 2 aromatic carbocycles. The predicted octanol–water partition coefficient (Wildman–Crippen LogP) is 3.87. The Morgan fingerprint density at radius 2 is 1.40 bits per heavy atom. The van der Waals surface area contributed by atoms with E-state index in [4.69, 9.17) is 9.47 Å². The Morgan fingerprint density at radius 3 is 2.00 bits per heavy atom. The molecule has 0 fully saturated rings. The van der Waals surface area contributed by atoms with E-state index in [0.717, 1.165) is 16.7 Å². The summed E-state index contributed by atoms with van der Waals surface area (Å²) in [6.45, 7) is 6.44. The van der Waals surface area contributed by atoms with E-state index in [9.17, 15) is 14.4 Å². The molecule has 188 valence electrons. The van der Waals surface area contributed by atoms with Crippen molar-refractivity contribution < 1.29 is 23.9 Å². The lowest BCUT2D eigenvalue weighted by atomic mass is 9.94. The number of unbranched alkanes of at least 4 members (excludes halogenated alkanes) is 1. The maximum Gasteiger partial charge on any atom is 0.408 e. The second kappa shape index (κ2) is 11.7. The van der Waals surface area contributed by atoms with Gasteiger partial charge in [-0.25, -0.2) is 9.59 Å². The van der Waals surface area contributed by atoms with E-state index in [2.05, 4.69) is 16.0 Å². The van der Waals surface area contributed by atoms with Crippen molar-refractivity contribution in [2.75, 3.05) is 13.1 Å². The van der Waals surface area contributed by atoms with Gasteiger partial charge in [0.15, 0.2) is 0 Å². The highest BCUT2D eigenvalue weighted by Gasteiger charge is 2.45. The van der Waals surface area contributed by atoms with Gasteiger partial charge in [-0.3, -0.25) is 4.79 Å². The Kier molecular flexibility index (Phi) is 8.73. The van der Waals surface area contributed by atoms with Crippen LogP contribution in [0.1, 0.15) is 50.3 Å². The molecule has 0 aliphatic heterocycles. The van der Waals surface area contributed by atoms with Crippen LogP contribution < -0.4 is 16.0 Å². The summed E-state index contributed by atoms with van der Waals surface area (Å²) in [7, 11) is 0. The van der Waals surface area contributed by atoms with Crippen LogP contribution in [0.2, 0.25) is 0 Å². The van der Waals surface area contributed by atoms with Crippen LogP contribution in [0.4, 0.5) is 9.59 Å². The number of hydrogen-bond acceptors (Lipinski definition) is 5. The number of carbonyl (C=O) groups is 3. The molecular formula is C27H35N3O5. The topological polar surface area (TPSA) is 106 Å². The monoisotopic (exact) mass is 481 g/mol. The summed E-state index contributed by atoms with van der Waals surface area (Å²) in [6.07, 6.45) is 1.07. The summed E-state index contributed by atoms with van der Waals surface area (Å²) in [5, 5.41) is 8.51. The van der Waals surface area contributed by atoms with Crippen LogP contribution in [0, 0.1) is 0 Å². The van der Waals surface area contributed by atoms with Crippen LogP contribution in [-0.4, -0.2) is 42.3 Å². The maximum absolute atomic E-state index is 13.2.